The molecule has 4 heterocycles. The maximum absolute atomic E-state index is 12.2. The van der Waals surface area contributed by atoms with Crippen molar-refractivity contribution < 1.29 is 14.3 Å². The van der Waals surface area contributed by atoms with Crippen molar-refractivity contribution in [2.24, 2.45) is 7.05 Å². The number of carbonyl (C=O) groups excluding carboxylic acids is 1. The zero-order valence-corrected chi connectivity index (χ0v) is 22.3. The van der Waals surface area contributed by atoms with Crippen molar-refractivity contribution in [3.05, 3.63) is 46.9 Å². The summed E-state index contributed by atoms with van der Waals surface area (Å²) in [4.78, 5) is 16.2. The number of rotatable bonds is 7. The molecule has 1 amide bonds. The van der Waals surface area contributed by atoms with E-state index in [1.54, 1.807) is 6.92 Å². The van der Waals surface area contributed by atoms with E-state index in [4.69, 9.17) is 9.47 Å². The molecule has 1 unspecified atom stereocenters. The molecule has 1 atom stereocenters. The number of nitrogens with zero attached hydrogens (tertiary/aromatic N) is 4. The van der Waals surface area contributed by atoms with Gasteiger partial charge in [-0.15, -0.1) is 0 Å². The van der Waals surface area contributed by atoms with Crippen molar-refractivity contribution in [1.29, 1.82) is 5.41 Å². The molecule has 37 heavy (non-hydrogen) atoms. The van der Waals surface area contributed by atoms with Crippen LogP contribution in [0.25, 0.3) is 11.1 Å². The normalized spacial score (nSPS) is 19.6. The maximum Gasteiger partial charge on any atom is 0.219 e. The molecule has 9 heteroatoms. The lowest BCUT2D eigenvalue weighted by atomic mass is 9.95. The Hall–Kier alpha value is -3.17. The van der Waals surface area contributed by atoms with E-state index in [0.717, 1.165) is 60.5 Å². The van der Waals surface area contributed by atoms with E-state index >= 15 is 0 Å². The van der Waals surface area contributed by atoms with E-state index in [2.05, 4.69) is 41.3 Å². The Balaban J connectivity index is 1.49. The molecular formula is C28H38N6O3. The largest absolute Gasteiger partial charge is 0.383 e. The van der Waals surface area contributed by atoms with E-state index < -0.39 is 0 Å². The summed E-state index contributed by atoms with van der Waals surface area (Å²) >= 11 is 0. The Morgan fingerprint density at radius 1 is 1.30 bits per heavy atom. The van der Waals surface area contributed by atoms with Crippen molar-refractivity contribution in [3.63, 3.8) is 0 Å². The highest BCUT2D eigenvalue weighted by atomic mass is 16.5. The molecule has 0 spiro atoms. The highest BCUT2D eigenvalue weighted by molar-refractivity contribution is 6.10. The van der Waals surface area contributed by atoms with Crippen LogP contribution in [0.15, 0.2) is 35.8 Å². The molecule has 3 aliphatic heterocycles. The minimum Gasteiger partial charge on any atom is -0.383 e. The van der Waals surface area contributed by atoms with E-state index in [1.165, 1.54) is 11.1 Å². The fourth-order valence-electron chi connectivity index (χ4n) is 5.50. The quantitative estimate of drug-likeness (QED) is 0.442. The van der Waals surface area contributed by atoms with Gasteiger partial charge in [-0.3, -0.25) is 14.9 Å². The van der Waals surface area contributed by atoms with Crippen LogP contribution in [0.1, 0.15) is 44.7 Å². The predicted octanol–water partition coefficient (Wildman–Crippen LogP) is 3.24. The first-order chi connectivity index (χ1) is 17.8. The summed E-state index contributed by atoms with van der Waals surface area (Å²) in [6, 6.07) is 4.52. The molecule has 0 bridgehead atoms. The van der Waals surface area contributed by atoms with Crippen LogP contribution in [0.5, 0.6) is 0 Å². The summed E-state index contributed by atoms with van der Waals surface area (Å²) in [5.41, 5.74) is 7.61. The molecule has 2 aromatic rings. The highest BCUT2D eigenvalue weighted by Crippen LogP contribution is 2.38. The van der Waals surface area contributed by atoms with Gasteiger partial charge >= 0.3 is 0 Å². The van der Waals surface area contributed by atoms with Gasteiger partial charge in [0.2, 0.25) is 5.91 Å². The number of anilines is 1. The molecule has 0 saturated carbocycles. The SMILES string of the molecule is CC(=O)N1CCC(NC2CCOC2)=C(C(=N)N2CCc3c2ccc(-c2cnn(C)c2)c3COC(C)C)C1. The Morgan fingerprint density at radius 2 is 2.14 bits per heavy atom. The average Bonchev–Trinajstić information content (AvgIpc) is 3.63. The summed E-state index contributed by atoms with van der Waals surface area (Å²) in [6.45, 7) is 9.52. The van der Waals surface area contributed by atoms with E-state index in [0.29, 0.717) is 32.1 Å². The van der Waals surface area contributed by atoms with E-state index in [9.17, 15) is 10.2 Å². The average molecular weight is 507 g/mol. The molecule has 1 fully saturated rings. The molecule has 2 N–H and O–H groups in total. The van der Waals surface area contributed by atoms with Gasteiger partial charge < -0.3 is 24.6 Å². The Labute approximate surface area is 218 Å². The van der Waals surface area contributed by atoms with Gasteiger partial charge in [0.1, 0.15) is 5.84 Å². The van der Waals surface area contributed by atoms with Crippen LogP contribution in [0.4, 0.5) is 5.69 Å². The van der Waals surface area contributed by atoms with Gasteiger partial charge in [-0.05, 0) is 49.4 Å². The zero-order chi connectivity index (χ0) is 26.1. The summed E-state index contributed by atoms with van der Waals surface area (Å²) in [5, 5.41) is 17.4. The summed E-state index contributed by atoms with van der Waals surface area (Å²) < 4.78 is 13.5. The van der Waals surface area contributed by atoms with Crippen LogP contribution in [0, 0.1) is 5.41 Å². The minimum atomic E-state index is 0.0459. The van der Waals surface area contributed by atoms with Crippen molar-refractivity contribution in [1.82, 2.24) is 20.0 Å². The van der Waals surface area contributed by atoms with Crippen LogP contribution >= 0.6 is 0 Å². The summed E-state index contributed by atoms with van der Waals surface area (Å²) in [6.07, 6.45) is 6.56. The number of amides is 1. The number of carbonyl (C=O) groups is 1. The van der Waals surface area contributed by atoms with Crippen LogP contribution in [-0.4, -0.2) is 71.4 Å². The van der Waals surface area contributed by atoms with E-state index in [1.807, 2.05) is 29.0 Å². The second kappa shape index (κ2) is 10.7. The number of aromatic nitrogens is 2. The number of hydrogen-bond donors (Lipinski definition) is 2. The summed E-state index contributed by atoms with van der Waals surface area (Å²) in [5.74, 6) is 0.514. The molecule has 3 aliphatic rings. The molecule has 0 radical (unpaired) electrons. The summed E-state index contributed by atoms with van der Waals surface area (Å²) in [7, 11) is 1.93. The number of ether oxygens (including phenoxy) is 2. The Kier molecular flexibility index (Phi) is 7.35. The van der Waals surface area contributed by atoms with Gasteiger partial charge in [-0.2, -0.15) is 5.10 Å². The number of amidine groups is 1. The third kappa shape index (κ3) is 5.29. The van der Waals surface area contributed by atoms with Crippen molar-refractivity contribution in [2.75, 3.05) is 37.7 Å². The van der Waals surface area contributed by atoms with Gasteiger partial charge in [0.15, 0.2) is 0 Å². The van der Waals surface area contributed by atoms with Gasteiger partial charge in [-0.25, -0.2) is 0 Å². The van der Waals surface area contributed by atoms with Gasteiger partial charge in [-0.1, -0.05) is 6.07 Å². The Bertz CT molecular complexity index is 1210. The fourth-order valence-corrected chi connectivity index (χ4v) is 5.50. The first kappa shape index (κ1) is 25.5. The van der Waals surface area contributed by atoms with Crippen LogP contribution in [0.3, 0.4) is 0 Å². The third-order valence-corrected chi connectivity index (χ3v) is 7.51. The first-order valence-corrected chi connectivity index (χ1v) is 13.3. The molecule has 5 rings (SSSR count). The third-order valence-electron chi connectivity index (χ3n) is 7.51. The van der Waals surface area contributed by atoms with Crippen LogP contribution < -0.4 is 10.2 Å². The zero-order valence-electron chi connectivity index (χ0n) is 22.3. The lowest BCUT2D eigenvalue weighted by Crippen LogP contribution is -2.44. The van der Waals surface area contributed by atoms with Crippen molar-refractivity contribution >= 4 is 17.4 Å². The topological polar surface area (TPSA) is 95.7 Å². The van der Waals surface area contributed by atoms with Crippen LogP contribution in [0.2, 0.25) is 0 Å². The lowest BCUT2D eigenvalue weighted by molar-refractivity contribution is -0.128. The van der Waals surface area contributed by atoms with Crippen molar-refractivity contribution in [3.8, 4) is 11.1 Å². The first-order valence-electron chi connectivity index (χ1n) is 13.3. The molecule has 0 aliphatic carbocycles. The molecule has 1 aromatic carbocycles. The monoisotopic (exact) mass is 506 g/mol. The number of benzene rings is 1. The molecular weight excluding hydrogens is 468 g/mol. The number of nitrogens with one attached hydrogen (secondary N) is 2. The van der Waals surface area contributed by atoms with Gasteiger partial charge in [0, 0.05) is 68.8 Å². The molecule has 9 nitrogen and oxygen atoms in total. The Morgan fingerprint density at radius 3 is 2.81 bits per heavy atom. The fraction of sp³-hybridized carbons (Fsp3) is 0.536. The number of hydrogen-bond acceptors (Lipinski definition) is 6. The van der Waals surface area contributed by atoms with Gasteiger partial charge in [0.25, 0.3) is 0 Å². The smallest absolute Gasteiger partial charge is 0.219 e. The minimum absolute atomic E-state index is 0.0459. The molecule has 198 valence electrons. The maximum atomic E-state index is 12.2. The standard InChI is InChI=1S/C28H38N6O3/c1-18(2)37-17-25-22(20-13-30-32(4)14-20)5-6-27-23(25)7-11-34(27)28(29)24-15-33(19(3)35)10-8-26(24)31-21-9-12-36-16-21/h5-6,13-14,18,21,29,31H,7-12,15-17H2,1-4H3. The second-order valence-electron chi connectivity index (χ2n) is 10.5. The molecule has 1 saturated heterocycles. The number of aryl methyl sites for hydroxylation is 1. The lowest BCUT2D eigenvalue weighted by Gasteiger charge is -2.34. The highest BCUT2D eigenvalue weighted by Gasteiger charge is 2.32. The van der Waals surface area contributed by atoms with Gasteiger partial charge in [0.05, 0.1) is 38.1 Å². The van der Waals surface area contributed by atoms with Crippen LogP contribution in [-0.2, 0) is 34.3 Å². The predicted molar refractivity (Wildman–Crippen MR) is 144 cm³/mol. The molecule has 1 aromatic heterocycles. The number of fused-ring (bicyclic) bond motifs is 1. The van der Waals surface area contributed by atoms with E-state index in [-0.39, 0.29) is 18.1 Å². The second-order valence-corrected chi connectivity index (χ2v) is 10.5. The van der Waals surface area contributed by atoms with Crippen molar-refractivity contribution in [2.45, 2.75) is 58.8 Å².